The van der Waals surface area contributed by atoms with Crippen molar-refractivity contribution >= 4 is 27.9 Å². The Balaban J connectivity index is 1.93. The number of carbonyl (C=O) groups excluding carboxylic acids is 2. The Labute approximate surface area is 174 Å². The second-order valence-corrected chi connectivity index (χ2v) is 10.3. The average Bonchev–Trinajstić information content (AvgIpc) is 2.58. The van der Waals surface area contributed by atoms with Crippen molar-refractivity contribution in [3.8, 4) is 11.8 Å². The number of halogens is 1. The van der Waals surface area contributed by atoms with Crippen molar-refractivity contribution in [3.63, 3.8) is 0 Å². The van der Waals surface area contributed by atoms with E-state index in [9.17, 15) is 19.2 Å². The second-order valence-electron chi connectivity index (χ2n) is 10.3. The first-order chi connectivity index (χ1) is 14.0. The maximum Gasteiger partial charge on any atom is 0.167 e. The highest BCUT2D eigenvalue weighted by molar-refractivity contribution is 6.28. The van der Waals surface area contributed by atoms with Gasteiger partial charge in [0, 0.05) is 41.2 Å². The standard InChI is InChI=1S/C25H22FNO3/c1-24(2)7-15-16(11-27)23-21-13(20(15)17(28)8-24)5-12(26)6-14(21)22-18(29)9-25(3,4)10-19(22)30-23/h5-6H,7-10H2,1-4H3. The van der Waals surface area contributed by atoms with Gasteiger partial charge in [-0.3, -0.25) is 9.59 Å². The van der Waals surface area contributed by atoms with Gasteiger partial charge in [0.1, 0.15) is 17.6 Å². The van der Waals surface area contributed by atoms with Gasteiger partial charge in [-0.1, -0.05) is 27.7 Å². The topological polar surface area (TPSA) is 67.2 Å². The summed E-state index contributed by atoms with van der Waals surface area (Å²) in [5, 5.41) is 11.0. The van der Waals surface area contributed by atoms with Crippen LogP contribution in [0.2, 0.25) is 0 Å². The fourth-order valence-corrected chi connectivity index (χ4v) is 5.35. The highest BCUT2D eigenvalue weighted by Crippen LogP contribution is 2.52. The van der Waals surface area contributed by atoms with Crippen LogP contribution >= 0.6 is 0 Å². The van der Waals surface area contributed by atoms with E-state index in [4.69, 9.17) is 4.74 Å². The summed E-state index contributed by atoms with van der Waals surface area (Å²) in [5.74, 6) is 0.156. The first-order valence-electron chi connectivity index (χ1n) is 10.2. The molecule has 0 spiro atoms. The Morgan fingerprint density at radius 1 is 1.00 bits per heavy atom. The lowest BCUT2D eigenvalue weighted by Gasteiger charge is -2.37. The maximum atomic E-state index is 14.8. The minimum atomic E-state index is -0.501. The minimum Gasteiger partial charge on any atom is -0.459 e. The van der Waals surface area contributed by atoms with Crippen LogP contribution in [-0.4, -0.2) is 11.6 Å². The van der Waals surface area contributed by atoms with Crippen LogP contribution in [0.5, 0.6) is 5.75 Å². The van der Waals surface area contributed by atoms with E-state index in [1.54, 1.807) is 0 Å². The van der Waals surface area contributed by atoms with Gasteiger partial charge in [0.05, 0.1) is 11.1 Å². The smallest absolute Gasteiger partial charge is 0.167 e. The number of nitriles is 1. The predicted molar refractivity (Wildman–Crippen MR) is 111 cm³/mol. The van der Waals surface area contributed by atoms with Crippen molar-refractivity contribution in [1.29, 1.82) is 5.26 Å². The number of ketones is 2. The molecule has 4 nitrogen and oxygen atoms in total. The molecule has 1 aliphatic heterocycles. The number of ether oxygens (including phenoxy) is 1. The molecule has 5 heteroatoms. The summed E-state index contributed by atoms with van der Waals surface area (Å²) in [5.41, 5.74) is 1.61. The molecular weight excluding hydrogens is 381 g/mol. The maximum absolute atomic E-state index is 14.8. The lowest BCUT2D eigenvalue weighted by Crippen LogP contribution is -2.31. The molecule has 0 N–H and O–H groups in total. The number of carbonyl (C=O) groups is 2. The lowest BCUT2D eigenvalue weighted by molar-refractivity contribution is -0.116. The molecule has 3 aliphatic rings. The van der Waals surface area contributed by atoms with E-state index in [1.807, 2.05) is 27.7 Å². The number of allylic oxidation sites excluding steroid dienone is 2. The van der Waals surface area contributed by atoms with Crippen molar-refractivity contribution in [3.05, 3.63) is 46.0 Å². The summed E-state index contributed by atoms with van der Waals surface area (Å²) in [6.45, 7) is 7.97. The first-order valence-corrected chi connectivity index (χ1v) is 10.2. The molecular formula is C25H22FNO3. The van der Waals surface area contributed by atoms with Crippen LogP contribution < -0.4 is 4.74 Å². The van der Waals surface area contributed by atoms with E-state index in [1.165, 1.54) is 12.1 Å². The van der Waals surface area contributed by atoms with E-state index >= 15 is 0 Å². The molecule has 0 amide bonds. The van der Waals surface area contributed by atoms with Gasteiger partial charge in [-0.15, -0.1) is 0 Å². The van der Waals surface area contributed by atoms with Crippen LogP contribution in [0.1, 0.15) is 74.0 Å². The van der Waals surface area contributed by atoms with Crippen LogP contribution in [0.3, 0.4) is 0 Å². The molecule has 152 valence electrons. The SMILES string of the molecule is CC1(C)CC(=O)C2=C(C1)Oc1c(C#N)c3c(c4cc(F)cc2c14)C(=O)CC(C)(C)C3. The summed E-state index contributed by atoms with van der Waals surface area (Å²) < 4.78 is 21.0. The number of nitrogens with zero attached hydrogens (tertiary/aromatic N) is 1. The Morgan fingerprint density at radius 2 is 1.67 bits per heavy atom. The van der Waals surface area contributed by atoms with Crippen molar-refractivity contribution in [2.75, 3.05) is 0 Å². The summed E-state index contributed by atoms with van der Waals surface area (Å²) in [6.07, 6.45) is 1.72. The Hall–Kier alpha value is -3.00. The van der Waals surface area contributed by atoms with Gasteiger partial charge in [0.2, 0.25) is 0 Å². The highest BCUT2D eigenvalue weighted by Gasteiger charge is 2.42. The molecule has 30 heavy (non-hydrogen) atoms. The zero-order chi connectivity index (χ0) is 21.6. The van der Waals surface area contributed by atoms with Crippen LogP contribution in [-0.2, 0) is 11.2 Å². The Bertz CT molecular complexity index is 1270. The zero-order valence-electron chi connectivity index (χ0n) is 17.5. The number of hydrogen-bond donors (Lipinski definition) is 0. The molecule has 0 saturated heterocycles. The number of hydrogen-bond acceptors (Lipinski definition) is 4. The Morgan fingerprint density at radius 3 is 2.37 bits per heavy atom. The van der Waals surface area contributed by atoms with Crippen molar-refractivity contribution < 1.29 is 18.7 Å². The molecule has 0 radical (unpaired) electrons. The van der Waals surface area contributed by atoms with Gasteiger partial charge in [0.15, 0.2) is 17.3 Å². The lowest BCUT2D eigenvalue weighted by atomic mass is 9.69. The Kier molecular flexibility index (Phi) is 3.66. The third kappa shape index (κ3) is 2.56. The highest BCUT2D eigenvalue weighted by atomic mass is 19.1. The van der Waals surface area contributed by atoms with Crippen LogP contribution in [0.15, 0.2) is 17.9 Å². The fourth-order valence-electron chi connectivity index (χ4n) is 5.35. The first kappa shape index (κ1) is 19.0. The summed E-state index contributed by atoms with van der Waals surface area (Å²) >= 11 is 0. The van der Waals surface area contributed by atoms with Gasteiger partial charge < -0.3 is 4.74 Å². The largest absolute Gasteiger partial charge is 0.459 e. The number of Topliss-reactive ketones (excluding diaryl/α,β-unsaturated/α-hetero) is 2. The molecule has 0 unspecified atom stereocenters. The normalized spacial score (nSPS) is 21.1. The quantitative estimate of drug-likeness (QED) is 0.583. The van der Waals surface area contributed by atoms with Crippen LogP contribution in [0.25, 0.3) is 16.3 Å². The molecule has 0 saturated carbocycles. The van der Waals surface area contributed by atoms with Gasteiger partial charge >= 0.3 is 0 Å². The minimum absolute atomic E-state index is 0.0949. The van der Waals surface area contributed by atoms with Crippen molar-refractivity contribution in [1.82, 2.24) is 0 Å². The van der Waals surface area contributed by atoms with E-state index in [0.717, 1.165) is 0 Å². The predicted octanol–water partition coefficient (Wildman–Crippen LogP) is 5.50. The van der Waals surface area contributed by atoms with E-state index in [0.29, 0.717) is 75.8 Å². The second kappa shape index (κ2) is 5.78. The zero-order valence-corrected chi connectivity index (χ0v) is 17.5. The summed E-state index contributed by atoms with van der Waals surface area (Å²) in [4.78, 5) is 26.1. The molecule has 0 aromatic heterocycles. The van der Waals surface area contributed by atoms with Gasteiger partial charge in [-0.05, 0) is 34.9 Å². The average molecular weight is 403 g/mol. The molecule has 2 aliphatic carbocycles. The van der Waals surface area contributed by atoms with E-state index in [2.05, 4.69) is 6.07 Å². The summed E-state index contributed by atoms with van der Waals surface area (Å²) in [6, 6.07) is 4.93. The third-order valence-electron chi connectivity index (χ3n) is 6.45. The van der Waals surface area contributed by atoms with Gasteiger partial charge in [-0.25, -0.2) is 4.39 Å². The number of fused-ring (bicyclic) bond motifs is 3. The number of rotatable bonds is 0. The van der Waals surface area contributed by atoms with E-state index in [-0.39, 0.29) is 22.4 Å². The molecule has 5 rings (SSSR count). The molecule has 2 aromatic carbocycles. The molecule has 0 atom stereocenters. The monoisotopic (exact) mass is 403 g/mol. The van der Waals surface area contributed by atoms with Crippen LogP contribution in [0.4, 0.5) is 4.39 Å². The molecule has 1 heterocycles. The van der Waals surface area contributed by atoms with Gasteiger partial charge in [0.25, 0.3) is 0 Å². The van der Waals surface area contributed by atoms with E-state index < -0.39 is 5.82 Å². The van der Waals surface area contributed by atoms with Gasteiger partial charge in [-0.2, -0.15) is 5.26 Å². The number of benzene rings is 2. The fraction of sp³-hybridized carbons (Fsp3) is 0.400. The third-order valence-corrected chi connectivity index (χ3v) is 6.45. The van der Waals surface area contributed by atoms with Crippen molar-refractivity contribution in [2.45, 2.75) is 53.4 Å². The van der Waals surface area contributed by atoms with Crippen molar-refractivity contribution in [2.24, 2.45) is 10.8 Å². The molecule has 2 aromatic rings. The van der Waals surface area contributed by atoms with Crippen LogP contribution in [0, 0.1) is 28.0 Å². The molecule has 0 bridgehead atoms. The summed E-state index contributed by atoms with van der Waals surface area (Å²) in [7, 11) is 0. The molecule has 0 fully saturated rings.